The van der Waals surface area contributed by atoms with Gasteiger partial charge in [0.15, 0.2) is 0 Å². The summed E-state index contributed by atoms with van der Waals surface area (Å²) in [4.78, 5) is 10.9. The van der Waals surface area contributed by atoms with Crippen LogP contribution in [0.5, 0.6) is 0 Å². The Balaban J connectivity index is 3.66. The average Bonchev–Trinajstić information content (AvgIpc) is 1.87. The fourth-order valence-corrected chi connectivity index (χ4v) is 0.599. The van der Waals surface area contributed by atoms with Crippen LogP contribution in [-0.2, 0) is 9.53 Å². The van der Waals surface area contributed by atoms with Crippen LogP contribution >= 0.6 is 0 Å². The zero-order chi connectivity index (χ0) is 8.85. The summed E-state index contributed by atoms with van der Waals surface area (Å²) in [6.07, 6.45) is -0.232. The molecule has 0 spiro atoms. The molecule has 0 radical (unpaired) electrons. The van der Waals surface area contributed by atoms with Gasteiger partial charge in [0.2, 0.25) is 5.91 Å². The summed E-state index contributed by atoms with van der Waals surface area (Å²) in [7, 11) is 0. The van der Waals surface area contributed by atoms with Gasteiger partial charge < -0.3 is 10.1 Å². The molecule has 0 rings (SSSR count). The summed E-state index contributed by atoms with van der Waals surface area (Å²) in [5.41, 5.74) is 0.497. The molecule has 0 aromatic heterocycles. The molecule has 3 nitrogen and oxygen atoms in total. The van der Waals surface area contributed by atoms with Crippen molar-refractivity contribution >= 4 is 5.91 Å². The molecule has 0 bridgehead atoms. The van der Waals surface area contributed by atoms with Crippen molar-refractivity contribution in [2.45, 2.75) is 27.0 Å². The number of carbonyl (C=O) groups excluding carboxylic acids is 1. The minimum atomic E-state index is -0.232. The van der Waals surface area contributed by atoms with E-state index in [4.69, 9.17) is 4.74 Å². The third-order valence-corrected chi connectivity index (χ3v) is 1.14. The number of hydrogen-bond donors (Lipinski definition) is 1. The molecule has 64 valence electrons. The monoisotopic (exact) mass is 157 g/mol. The third kappa shape index (κ3) is 4.56. The predicted octanol–water partition coefficient (Wildman–Crippen LogP) is 1.06. The van der Waals surface area contributed by atoms with Crippen LogP contribution in [0.25, 0.3) is 0 Å². The van der Waals surface area contributed by atoms with Crippen LogP contribution < -0.4 is 5.32 Å². The second kappa shape index (κ2) is 4.91. The van der Waals surface area contributed by atoms with Crippen molar-refractivity contribution < 1.29 is 9.53 Å². The lowest BCUT2D eigenvalue weighted by molar-refractivity contribution is -0.121. The molecule has 1 atom stereocenters. The molecule has 0 aromatic rings. The Hall–Kier alpha value is -0.830. The largest absolute Gasteiger partial charge is 0.359 e. The van der Waals surface area contributed by atoms with Gasteiger partial charge in [-0.25, -0.2) is 0 Å². The van der Waals surface area contributed by atoms with Gasteiger partial charge in [-0.1, -0.05) is 6.58 Å². The maximum Gasteiger partial charge on any atom is 0.248 e. The van der Waals surface area contributed by atoms with Gasteiger partial charge in [0.1, 0.15) is 6.23 Å². The van der Waals surface area contributed by atoms with Crippen molar-refractivity contribution in [3.05, 3.63) is 12.2 Å². The summed E-state index contributed by atoms with van der Waals surface area (Å²) < 4.78 is 5.09. The van der Waals surface area contributed by atoms with E-state index in [9.17, 15) is 4.79 Å². The van der Waals surface area contributed by atoms with Crippen LogP contribution in [-0.4, -0.2) is 18.7 Å². The van der Waals surface area contributed by atoms with E-state index in [0.717, 1.165) is 0 Å². The van der Waals surface area contributed by atoms with Gasteiger partial charge >= 0.3 is 0 Å². The molecule has 0 saturated carbocycles. The van der Waals surface area contributed by atoms with Crippen LogP contribution in [0, 0.1) is 0 Å². The molecule has 0 aliphatic carbocycles. The van der Waals surface area contributed by atoms with Crippen molar-refractivity contribution in [1.82, 2.24) is 5.32 Å². The summed E-state index contributed by atoms with van der Waals surface area (Å²) in [6, 6.07) is 0. The van der Waals surface area contributed by atoms with Crippen LogP contribution in [0.15, 0.2) is 12.2 Å². The highest BCUT2D eigenvalue weighted by atomic mass is 16.5. The Labute approximate surface area is 67.4 Å². The predicted molar refractivity (Wildman–Crippen MR) is 44.0 cm³/mol. The molecule has 0 heterocycles. The maximum atomic E-state index is 10.9. The molecule has 0 aliphatic heterocycles. The molecule has 1 unspecified atom stereocenters. The SMILES string of the molecule is C=C(C)C(=O)NC(C)OCC. The number of ether oxygens (including phenoxy) is 1. The van der Waals surface area contributed by atoms with Gasteiger partial charge in [-0.3, -0.25) is 4.79 Å². The zero-order valence-corrected chi connectivity index (χ0v) is 7.31. The molecule has 3 heteroatoms. The zero-order valence-electron chi connectivity index (χ0n) is 7.31. The van der Waals surface area contributed by atoms with E-state index < -0.39 is 0 Å². The number of amides is 1. The van der Waals surface area contributed by atoms with E-state index in [1.54, 1.807) is 13.8 Å². The standard InChI is InChI=1S/C8H15NO2/c1-5-11-7(4)9-8(10)6(2)3/h7H,2,5H2,1,3-4H3,(H,9,10). The molecule has 0 aromatic carbocycles. The van der Waals surface area contributed by atoms with Crippen molar-refractivity contribution in [1.29, 1.82) is 0 Å². The average molecular weight is 157 g/mol. The summed E-state index contributed by atoms with van der Waals surface area (Å²) >= 11 is 0. The Morgan fingerprint density at radius 2 is 2.27 bits per heavy atom. The smallest absolute Gasteiger partial charge is 0.248 e. The van der Waals surface area contributed by atoms with E-state index in [-0.39, 0.29) is 12.1 Å². The van der Waals surface area contributed by atoms with E-state index >= 15 is 0 Å². The van der Waals surface area contributed by atoms with Gasteiger partial charge in [0.25, 0.3) is 0 Å². The first-order valence-electron chi connectivity index (χ1n) is 3.66. The molecule has 1 amide bonds. The van der Waals surface area contributed by atoms with E-state index in [1.165, 1.54) is 0 Å². The van der Waals surface area contributed by atoms with Gasteiger partial charge in [0.05, 0.1) is 0 Å². The maximum absolute atomic E-state index is 10.9. The summed E-state index contributed by atoms with van der Waals surface area (Å²) in [5, 5.41) is 2.62. The Kier molecular flexibility index (Phi) is 4.54. The van der Waals surface area contributed by atoms with Gasteiger partial charge in [-0.05, 0) is 20.8 Å². The minimum Gasteiger partial charge on any atom is -0.359 e. The Bertz CT molecular complexity index is 154. The highest BCUT2D eigenvalue weighted by molar-refractivity contribution is 5.92. The molecule has 11 heavy (non-hydrogen) atoms. The van der Waals surface area contributed by atoms with Gasteiger partial charge in [0, 0.05) is 12.2 Å². The van der Waals surface area contributed by atoms with Gasteiger partial charge in [-0.2, -0.15) is 0 Å². The first-order valence-corrected chi connectivity index (χ1v) is 3.66. The van der Waals surface area contributed by atoms with E-state index in [2.05, 4.69) is 11.9 Å². The fraction of sp³-hybridized carbons (Fsp3) is 0.625. The van der Waals surface area contributed by atoms with Crippen molar-refractivity contribution in [3.63, 3.8) is 0 Å². The normalized spacial score (nSPS) is 12.3. The highest BCUT2D eigenvalue weighted by Crippen LogP contribution is 1.90. The van der Waals surface area contributed by atoms with Crippen molar-refractivity contribution in [2.24, 2.45) is 0 Å². The first kappa shape index (κ1) is 10.2. The molecule has 0 aliphatic rings. The lowest BCUT2D eigenvalue weighted by atomic mass is 10.3. The number of hydrogen-bond acceptors (Lipinski definition) is 2. The van der Waals surface area contributed by atoms with Crippen LogP contribution in [0.2, 0.25) is 0 Å². The lowest BCUT2D eigenvalue weighted by Gasteiger charge is -2.12. The van der Waals surface area contributed by atoms with E-state index in [0.29, 0.717) is 12.2 Å². The van der Waals surface area contributed by atoms with Crippen LogP contribution in [0.3, 0.4) is 0 Å². The van der Waals surface area contributed by atoms with Crippen LogP contribution in [0.1, 0.15) is 20.8 Å². The summed E-state index contributed by atoms with van der Waals surface area (Å²) in [5.74, 6) is -0.161. The second-order valence-electron chi connectivity index (χ2n) is 2.35. The van der Waals surface area contributed by atoms with E-state index in [1.807, 2.05) is 6.92 Å². The quantitative estimate of drug-likeness (QED) is 0.489. The molecule has 0 fully saturated rings. The lowest BCUT2D eigenvalue weighted by Crippen LogP contribution is -2.34. The number of carbonyl (C=O) groups is 1. The number of rotatable bonds is 4. The third-order valence-electron chi connectivity index (χ3n) is 1.14. The highest BCUT2D eigenvalue weighted by Gasteiger charge is 2.05. The van der Waals surface area contributed by atoms with Crippen molar-refractivity contribution in [2.75, 3.05) is 6.61 Å². The van der Waals surface area contributed by atoms with Crippen molar-refractivity contribution in [3.8, 4) is 0 Å². The van der Waals surface area contributed by atoms with Crippen LogP contribution in [0.4, 0.5) is 0 Å². The second-order valence-corrected chi connectivity index (χ2v) is 2.35. The molecular weight excluding hydrogens is 142 g/mol. The topological polar surface area (TPSA) is 38.3 Å². The fourth-order valence-electron chi connectivity index (χ4n) is 0.599. The Morgan fingerprint density at radius 3 is 2.64 bits per heavy atom. The first-order chi connectivity index (χ1) is 5.07. The molecular formula is C8H15NO2. The molecule has 1 N–H and O–H groups in total. The minimum absolute atomic E-state index is 0.161. The Morgan fingerprint density at radius 1 is 1.73 bits per heavy atom. The molecule has 0 saturated heterocycles. The summed E-state index contributed by atoms with van der Waals surface area (Å²) in [6.45, 7) is 9.42. The van der Waals surface area contributed by atoms with Gasteiger partial charge in [-0.15, -0.1) is 0 Å². The number of nitrogens with one attached hydrogen (secondary N) is 1.